The summed E-state index contributed by atoms with van der Waals surface area (Å²) in [6, 6.07) is 22.5. The molecule has 7 heteroatoms. The lowest BCUT2D eigenvalue weighted by atomic mass is 10.1. The molecule has 1 atom stereocenters. The fraction of sp³-hybridized carbons (Fsp3) is 0.0870. The third-order valence-corrected chi connectivity index (χ3v) is 7.11. The maximum atomic E-state index is 13.0. The summed E-state index contributed by atoms with van der Waals surface area (Å²) in [5.41, 5.74) is 2.68. The van der Waals surface area contributed by atoms with Gasteiger partial charge in [0.05, 0.1) is 9.77 Å². The highest BCUT2D eigenvalue weighted by molar-refractivity contribution is 7.83. The van der Waals surface area contributed by atoms with Crippen molar-refractivity contribution in [2.24, 2.45) is 0 Å². The van der Waals surface area contributed by atoms with E-state index in [9.17, 15) is 9.00 Å². The van der Waals surface area contributed by atoms with Crippen molar-refractivity contribution in [3.05, 3.63) is 82.7 Å². The van der Waals surface area contributed by atoms with E-state index in [0.717, 1.165) is 26.9 Å². The van der Waals surface area contributed by atoms with Gasteiger partial charge < -0.3 is 4.90 Å². The van der Waals surface area contributed by atoms with Gasteiger partial charge in [0.1, 0.15) is 0 Å². The Labute approximate surface area is 186 Å². The van der Waals surface area contributed by atoms with Gasteiger partial charge in [0, 0.05) is 29.5 Å². The molecule has 0 spiro atoms. The zero-order chi connectivity index (χ0) is 21.3. The number of nitrogens with zero attached hydrogens (tertiary/aromatic N) is 1. The van der Waals surface area contributed by atoms with Gasteiger partial charge in [-0.2, -0.15) is 0 Å². The van der Waals surface area contributed by atoms with Crippen LogP contribution in [0.1, 0.15) is 9.67 Å². The monoisotopic (exact) mass is 454 g/mol. The lowest BCUT2D eigenvalue weighted by Gasteiger charge is -2.11. The topological polar surface area (TPSA) is 49.4 Å². The van der Waals surface area contributed by atoms with Crippen molar-refractivity contribution in [2.45, 2.75) is 4.90 Å². The Morgan fingerprint density at radius 2 is 1.80 bits per heavy atom. The number of hydrogen-bond acceptors (Lipinski definition) is 4. The Balaban J connectivity index is 1.60. The molecule has 0 aliphatic rings. The molecule has 1 aromatic heterocycles. The first-order valence-corrected chi connectivity index (χ1v) is 11.6. The van der Waals surface area contributed by atoms with E-state index in [1.165, 1.54) is 11.3 Å². The van der Waals surface area contributed by atoms with Crippen molar-refractivity contribution in [3.63, 3.8) is 0 Å². The molecule has 30 heavy (non-hydrogen) atoms. The predicted octanol–water partition coefficient (Wildman–Crippen LogP) is 5.74. The first-order valence-electron chi connectivity index (χ1n) is 9.21. The molecular weight excluding hydrogens is 436 g/mol. The SMILES string of the molecule is CN(C)c1ccc2cc(C(=O)NS(=O)c3ccccc3-c3cccc(Cl)c3)sc2c1. The minimum atomic E-state index is -1.71. The van der Waals surface area contributed by atoms with Crippen LogP contribution in [0.5, 0.6) is 0 Å². The molecule has 1 N–H and O–H groups in total. The van der Waals surface area contributed by atoms with E-state index in [4.69, 9.17) is 11.6 Å². The van der Waals surface area contributed by atoms with E-state index >= 15 is 0 Å². The van der Waals surface area contributed by atoms with E-state index in [1.54, 1.807) is 18.2 Å². The van der Waals surface area contributed by atoms with Crippen LogP contribution in [0.3, 0.4) is 0 Å². The molecule has 0 radical (unpaired) electrons. The summed E-state index contributed by atoms with van der Waals surface area (Å²) in [4.78, 5) is 15.9. The fourth-order valence-corrected chi connectivity index (χ4v) is 5.34. The van der Waals surface area contributed by atoms with Gasteiger partial charge in [-0.15, -0.1) is 11.3 Å². The van der Waals surface area contributed by atoms with Gasteiger partial charge in [-0.05, 0) is 52.9 Å². The summed E-state index contributed by atoms with van der Waals surface area (Å²) >= 11 is 7.50. The van der Waals surface area contributed by atoms with E-state index in [1.807, 2.05) is 73.6 Å². The number of fused-ring (bicyclic) bond motifs is 1. The number of amides is 1. The van der Waals surface area contributed by atoms with Crippen LogP contribution >= 0.6 is 22.9 Å². The number of benzene rings is 3. The number of hydrogen-bond donors (Lipinski definition) is 1. The maximum Gasteiger partial charge on any atom is 0.273 e. The van der Waals surface area contributed by atoms with Crippen LogP contribution < -0.4 is 9.62 Å². The highest BCUT2D eigenvalue weighted by Crippen LogP contribution is 2.30. The third kappa shape index (κ3) is 4.26. The van der Waals surface area contributed by atoms with Crippen molar-refractivity contribution in [1.29, 1.82) is 0 Å². The van der Waals surface area contributed by atoms with E-state index in [-0.39, 0.29) is 5.91 Å². The second-order valence-corrected chi connectivity index (χ2v) is 9.64. The lowest BCUT2D eigenvalue weighted by Crippen LogP contribution is -2.25. The molecule has 1 unspecified atom stereocenters. The van der Waals surface area contributed by atoms with Crippen LogP contribution in [-0.2, 0) is 11.0 Å². The molecule has 0 bridgehead atoms. The van der Waals surface area contributed by atoms with Crippen LogP contribution in [-0.4, -0.2) is 24.2 Å². The van der Waals surface area contributed by atoms with Crippen molar-refractivity contribution in [1.82, 2.24) is 4.72 Å². The quantitative estimate of drug-likeness (QED) is 0.418. The predicted molar refractivity (Wildman–Crippen MR) is 127 cm³/mol. The molecule has 0 fully saturated rings. The van der Waals surface area contributed by atoms with Gasteiger partial charge in [-0.3, -0.25) is 9.52 Å². The molecule has 4 nitrogen and oxygen atoms in total. The molecule has 1 heterocycles. The van der Waals surface area contributed by atoms with Crippen molar-refractivity contribution in [2.75, 3.05) is 19.0 Å². The summed E-state index contributed by atoms with van der Waals surface area (Å²) in [5.74, 6) is -0.359. The lowest BCUT2D eigenvalue weighted by molar-refractivity contribution is 0.0987. The molecule has 152 valence electrons. The number of carbonyl (C=O) groups is 1. The maximum absolute atomic E-state index is 13.0. The molecule has 0 aliphatic carbocycles. The highest BCUT2D eigenvalue weighted by atomic mass is 35.5. The first-order chi connectivity index (χ1) is 14.4. The average molecular weight is 455 g/mol. The van der Waals surface area contributed by atoms with Crippen molar-refractivity contribution >= 4 is 55.6 Å². The first kappa shape index (κ1) is 20.6. The normalized spacial score (nSPS) is 12.0. The Morgan fingerprint density at radius 1 is 1.00 bits per heavy atom. The summed E-state index contributed by atoms with van der Waals surface area (Å²) in [6.07, 6.45) is 0. The third-order valence-electron chi connectivity index (χ3n) is 4.65. The molecule has 3 aromatic carbocycles. The number of halogens is 1. The van der Waals surface area contributed by atoms with Crippen LogP contribution in [0.2, 0.25) is 5.02 Å². The Morgan fingerprint density at radius 3 is 2.57 bits per heavy atom. The molecule has 1 amide bonds. The second kappa shape index (κ2) is 8.60. The molecular formula is C23H19ClN2O2S2. The molecule has 0 saturated heterocycles. The number of anilines is 1. The fourth-order valence-electron chi connectivity index (χ4n) is 3.12. The smallest absolute Gasteiger partial charge is 0.273 e. The highest BCUT2D eigenvalue weighted by Gasteiger charge is 2.17. The van der Waals surface area contributed by atoms with Gasteiger partial charge in [0.15, 0.2) is 11.0 Å². The zero-order valence-electron chi connectivity index (χ0n) is 16.4. The van der Waals surface area contributed by atoms with Crippen molar-refractivity contribution < 1.29 is 9.00 Å². The summed E-state index contributed by atoms with van der Waals surface area (Å²) in [6.45, 7) is 0. The van der Waals surface area contributed by atoms with Crippen LogP contribution in [0, 0.1) is 0 Å². The van der Waals surface area contributed by atoms with Gasteiger partial charge in [0.2, 0.25) is 0 Å². The molecule has 4 rings (SSSR count). The van der Waals surface area contributed by atoms with E-state index in [0.29, 0.717) is 14.8 Å². The van der Waals surface area contributed by atoms with E-state index in [2.05, 4.69) is 4.72 Å². The number of thiophene rings is 1. The summed E-state index contributed by atoms with van der Waals surface area (Å²) < 4.78 is 16.7. The van der Waals surface area contributed by atoms with Gasteiger partial charge in [0.25, 0.3) is 5.91 Å². The van der Waals surface area contributed by atoms with Crippen LogP contribution in [0.25, 0.3) is 21.2 Å². The largest absolute Gasteiger partial charge is 0.378 e. The average Bonchev–Trinajstić information content (AvgIpc) is 3.17. The zero-order valence-corrected chi connectivity index (χ0v) is 18.8. The van der Waals surface area contributed by atoms with Crippen molar-refractivity contribution in [3.8, 4) is 11.1 Å². The summed E-state index contributed by atoms with van der Waals surface area (Å²) in [5, 5.41) is 1.58. The molecule has 4 aromatic rings. The number of rotatable bonds is 5. The number of nitrogens with one attached hydrogen (secondary N) is 1. The summed E-state index contributed by atoms with van der Waals surface area (Å²) in [7, 11) is 2.24. The van der Waals surface area contributed by atoms with E-state index < -0.39 is 11.0 Å². The standard InChI is InChI=1S/C23H19ClN2O2S2/c1-26(2)18-11-10-16-13-21(29-20(16)14-18)23(27)25-30(28)22-9-4-3-8-19(22)15-6-5-7-17(24)12-15/h3-14H,1-2H3,(H,25,27). The number of carbonyl (C=O) groups excluding carboxylic acids is 1. The van der Waals surface area contributed by atoms with Crippen LogP contribution in [0.15, 0.2) is 77.7 Å². The van der Waals surface area contributed by atoms with Gasteiger partial charge in [-0.25, -0.2) is 4.21 Å². The minimum absolute atomic E-state index is 0.359. The van der Waals surface area contributed by atoms with Gasteiger partial charge in [-0.1, -0.05) is 48.0 Å². The Kier molecular flexibility index (Phi) is 5.90. The Hall–Kier alpha value is -2.67. The molecule has 0 aliphatic heterocycles. The second-order valence-electron chi connectivity index (χ2n) is 6.93. The Bertz CT molecular complexity index is 1270. The molecule has 0 saturated carbocycles. The van der Waals surface area contributed by atoms with Crippen LogP contribution in [0.4, 0.5) is 5.69 Å². The van der Waals surface area contributed by atoms with Gasteiger partial charge >= 0.3 is 0 Å². The minimum Gasteiger partial charge on any atom is -0.378 e.